The minimum Gasteiger partial charge on any atom is -0.377 e. The van der Waals surface area contributed by atoms with Crippen molar-refractivity contribution in [2.75, 3.05) is 19.0 Å². The lowest BCUT2D eigenvalue weighted by molar-refractivity contribution is 0.177. The Bertz CT molecular complexity index is 375. The highest BCUT2D eigenvalue weighted by atomic mass is 16.5. The molecule has 1 saturated carbocycles. The van der Waals surface area contributed by atoms with Gasteiger partial charge in [0.2, 0.25) is 0 Å². The summed E-state index contributed by atoms with van der Waals surface area (Å²) < 4.78 is 5.15. The van der Waals surface area contributed by atoms with Gasteiger partial charge in [0.1, 0.15) is 12.4 Å². The number of methoxy groups -OCH3 is 1. The molecule has 1 N–H and O–H groups in total. The molecule has 4 nitrogen and oxygen atoms in total. The van der Waals surface area contributed by atoms with E-state index in [4.69, 9.17) is 4.74 Å². The minimum atomic E-state index is 0.487. The van der Waals surface area contributed by atoms with Gasteiger partial charge in [0.05, 0.1) is 0 Å². The number of nitrogens with one attached hydrogen (secondary N) is 1. The Morgan fingerprint density at radius 3 is 2.78 bits per heavy atom. The van der Waals surface area contributed by atoms with Crippen molar-refractivity contribution in [1.82, 2.24) is 9.97 Å². The summed E-state index contributed by atoms with van der Waals surface area (Å²) in [6.45, 7) is 3.59. The third-order valence-corrected chi connectivity index (χ3v) is 3.40. The summed E-state index contributed by atoms with van der Waals surface area (Å²) in [6, 6.07) is 2.12. The van der Waals surface area contributed by atoms with E-state index in [1.165, 1.54) is 31.4 Å². The SMILES string of the molecule is CCCNc1cc(C2CCCC2)nc(COC)n1. The molecule has 2 rings (SSSR count). The summed E-state index contributed by atoms with van der Waals surface area (Å²) in [5.41, 5.74) is 1.19. The van der Waals surface area contributed by atoms with E-state index in [-0.39, 0.29) is 0 Å². The largest absolute Gasteiger partial charge is 0.377 e. The Balaban J connectivity index is 2.17. The molecule has 1 aromatic rings. The molecule has 1 aliphatic carbocycles. The smallest absolute Gasteiger partial charge is 0.156 e. The number of anilines is 1. The fourth-order valence-corrected chi connectivity index (χ4v) is 2.49. The third kappa shape index (κ3) is 3.42. The highest BCUT2D eigenvalue weighted by molar-refractivity contribution is 5.37. The molecule has 0 aromatic carbocycles. The first kappa shape index (κ1) is 13.3. The molecular weight excluding hydrogens is 226 g/mol. The predicted octanol–water partition coefficient (Wildman–Crippen LogP) is 3.10. The van der Waals surface area contributed by atoms with E-state index < -0.39 is 0 Å². The Morgan fingerprint density at radius 1 is 1.33 bits per heavy atom. The van der Waals surface area contributed by atoms with Crippen LogP contribution in [0.4, 0.5) is 5.82 Å². The van der Waals surface area contributed by atoms with Crippen molar-refractivity contribution in [3.05, 3.63) is 17.6 Å². The summed E-state index contributed by atoms with van der Waals surface area (Å²) in [5.74, 6) is 2.35. The number of rotatable bonds is 6. The Hall–Kier alpha value is -1.16. The average molecular weight is 249 g/mol. The molecule has 1 aliphatic rings. The van der Waals surface area contributed by atoms with Crippen LogP contribution in [0, 0.1) is 0 Å². The fourth-order valence-electron chi connectivity index (χ4n) is 2.49. The van der Waals surface area contributed by atoms with Gasteiger partial charge >= 0.3 is 0 Å². The molecule has 18 heavy (non-hydrogen) atoms. The zero-order valence-corrected chi connectivity index (χ0v) is 11.4. The molecule has 0 radical (unpaired) electrons. The predicted molar refractivity (Wildman–Crippen MR) is 72.7 cm³/mol. The second-order valence-corrected chi connectivity index (χ2v) is 4.94. The maximum absolute atomic E-state index is 5.15. The van der Waals surface area contributed by atoms with Crippen molar-refractivity contribution >= 4 is 5.82 Å². The molecule has 100 valence electrons. The van der Waals surface area contributed by atoms with Crippen molar-refractivity contribution in [2.24, 2.45) is 0 Å². The first-order valence-electron chi connectivity index (χ1n) is 6.94. The van der Waals surface area contributed by atoms with Gasteiger partial charge in [-0.15, -0.1) is 0 Å². The first-order valence-corrected chi connectivity index (χ1v) is 6.94. The van der Waals surface area contributed by atoms with Crippen LogP contribution in [-0.4, -0.2) is 23.6 Å². The summed E-state index contributed by atoms with van der Waals surface area (Å²) in [5, 5.41) is 3.35. The first-order chi connectivity index (χ1) is 8.83. The zero-order valence-electron chi connectivity index (χ0n) is 11.4. The number of hydrogen-bond donors (Lipinski definition) is 1. The molecule has 1 aromatic heterocycles. The summed E-state index contributed by atoms with van der Waals surface area (Å²) in [7, 11) is 1.69. The molecule has 1 heterocycles. The van der Waals surface area contributed by atoms with Gasteiger partial charge in [-0.25, -0.2) is 9.97 Å². The molecule has 0 amide bonds. The quantitative estimate of drug-likeness (QED) is 0.841. The van der Waals surface area contributed by atoms with Crippen molar-refractivity contribution in [3.63, 3.8) is 0 Å². The maximum Gasteiger partial charge on any atom is 0.156 e. The van der Waals surface area contributed by atoms with Crippen LogP contribution in [-0.2, 0) is 11.3 Å². The summed E-state index contributed by atoms with van der Waals surface area (Å²) in [6.07, 6.45) is 6.27. The molecule has 4 heteroatoms. The summed E-state index contributed by atoms with van der Waals surface area (Å²) >= 11 is 0. The number of nitrogens with zero attached hydrogens (tertiary/aromatic N) is 2. The third-order valence-electron chi connectivity index (χ3n) is 3.40. The highest BCUT2D eigenvalue weighted by Gasteiger charge is 2.19. The van der Waals surface area contributed by atoms with Crippen LogP contribution in [0.1, 0.15) is 56.5 Å². The van der Waals surface area contributed by atoms with Crippen LogP contribution in [0.2, 0.25) is 0 Å². The Labute approximate surface area is 109 Å². The average Bonchev–Trinajstić information content (AvgIpc) is 2.90. The molecule has 0 saturated heterocycles. The molecule has 0 aliphatic heterocycles. The lowest BCUT2D eigenvalue weighted by Gasteiger charge is -2.13. The standard InChI is InChI=1S/C14H23N3O/c1-3-8-15-13-9-12(11-6-4-5-7-11)16-14(17-13)10-18-2/h9,11H,3-8,10H2,1-2H3,(H,15,16,17). The molecule has 0 unspecified atom stereocenters. The van der Waals surface area contributed by atoms with Crippen molar-refractivity contribution < 1.29 is 4.74 Å². The van der Waals surface area contributed by atoms with Crippen LogP contribution in [0.15, 0.2) is 6.07 Å². The van der Waals surface area contributed by atoms with Gasteiger partial charge in [-0.05, 0) is 19.3 Å². The monoisotopic (exact) mass is 249 g/mol. The van der Waals surface area contributed by atoms with Crippen LogP contribution < -0.4 is 5.32 Å². The lowest BCUT2D eigenvalue weighted by Crippen LogP contribution is -2.09. The van der Waals surface area contributed by atoms with Gasteiger partial charge in [0.15, 0.2) is 5.82 Å². The minimum absolute atomic E-state index is 0.487. The Morgan fingerprint density at radius 2 is 2.11 bits per heavy atom. The summed E-state index contributed by atoms with van der Waals surface area (Å²) in [4.78, 5) is 9.12. The van der Waals surface area contributed by atoms with Gasteiger partial charge in [-0.1, -0.05) is 19.8 Å². The van der Waals surface area contributed by atoms with Crippen LogP contribution in [0.3, 0.4) is 0 Å². The van der Waals surface area contributed by atoms with Crippen molar-refractivity contribution in [1.29, 1.82) is 0 Å². The van der Waals surface area contributed by atoms with Crippen LogP contribution in [0.5, 0.6) is 0 Å². The normalized spacial score (nSPS) is 16.1. The molecule has 0 spiro atoms. The number of ether oxygens (including phenoxy) is 1. The van der Waals surface area contributed by atoms with E-state index in [1.54, 1.807) is 7.11 Å². The topological polar surface area (TPSA) is 47.0 Å². The number of aromatic nitrogens is 2. The van der Waals surface area contributed by atoms with Gasteiger partial charge in [-0.2, -0.15) is 0 Å². The van der Waals surface area contributed by atoms with Crippen LogP contribution >= 0.6 is 0 Å². The molecule has 0 atom stereocenters. The van der Waals surface area contributed by atoms with E-state index in [0.29, 0.717) is 12.5 Å². The van der Waals surface area contributed by atoms with Gasteiger partial charge in [0.25, 0.3) is 0 Å². The van der Waals surface area contributed by atoms with E-state index in [2.05, 4.69) is 28.3 Å². The van der Waals surface area contributed by atoms with Gasteiger partial charge < -0.3 is 10.1 Å². The second-order valence-electron chi connectivity index (χ2n) is 4.94. The van der Waals surface area contributed by atoms with E-state index in [1.807, 2.05) is 0 Å². The van der Waals surface area contributed by atoms with Gasteiger partial charge in [0, 0.05) is 31.3 Å². The maximum atomic E-state index is 5.15. The van der Waals surface area contributed by atoms with E-state index >= 15 is 0 Å². The zero-order chi connectivity index (χ0) is 12.8. The molecule has 0 bridgehead atoms. The van der Waals surface area contributed by atoms with Crippen molar-refractivity contribution in [2.45, 2.75) is 51.6 Å². The van der Waals surface area contributed by atoms with Gasteiger partial charge in [-0.3, -0.25) is 0 Å². The Kier molecular flexibility index (Phi) is 4.93. The fraction of sp³-hybridized carbons (Fsp3) is 0.714. The molecular formula is C14H23N3O. The molecule has 1 fully saturated rings. The van der Waals surface area contributed by atoms with Crippen molar-refractivity contribution in [3.8, 4) is 0 Å². The second kappa shape index (κ2) is 6.69. The van der Waals surface area contributed by atoms with E-state index in [9.17, 15) is 0 Å². The number of hydrogen-bond acceptors (Lipinski definition) is 4. The van der Waals surface area contributed by atoms with Crippen LogP contribution in [0.25, 0.3) is 0 Å². The highest BCUT2D eigenvalue weighted by Crippen LogP contribution is 2.33. The van der Waals surface area contributed by atoms with E-state index in [0.717, 1.165) is 24.6 Å². The lowest BCUT2D eigenvalue weighted by atomic mass is 10.0.